The van der Waals surface area contributed by atoms with Crippen LogP contribution in [-0.4, -0.2) is 5.78 Å². The lowest BCUT2D eigenvalue weighted by Crippen LogP contribution is -2.09. The Morgan fingerprint density at radius 2 is 2.36 bits per heavy atom. The molecule has 0 heterocycles. The predicted octanol–water partition coefficient (Wildman–Crippen LogP) is 2.71. The molecule has 0 saturated carbocycles. The fourth-order valence-corrected chi connectivity index (χ4v) is 1.63. The molecule has 0 fully saturated rings. The second-order valence-electron chi connectivity index (χ2n) is 3.49. The van der Waals surface area contributed by atoms with E-state index in [0.29, 0.717) is 11.7 Å². The molecule has 0 aliphatic heterocycles. The molecular weight excluding hydrogens is 136 g/mol. The summed E-state index contributed by atoms with van der Waals surface area (Å²) in [7, 11) is 0. The van der Waals surface area contributed by atoms with Gasteiger partial charge in [-0.3, -0.25) is 4.79 Å². The van der Waals surface area contributed by atoms with Crippen LogP contribution >= 0.6 is 0 Å². The number of hydrogen-bond acceptors (Lipinski definition) is 1. The molecule has 0 bridgehead atoms. The van der Waals surface area contributed by atoms with Crippen molar-refractivity contribution >= 4 is 5.78 Å². The molecule has 0 aromatic heterocycles. The van der Waals surface area contributed by atoms with Gasteiger partial charge in [0.1, 0.15) is 5.78 Å². The molecule has 0 saturated heterocycles. The monoisotopic (exact) mass is 152 g/mol. The van der Waals surface area contributed by atoms with E-state index in [1.165, 1.54) is 12.0 Å². The predicted molar refractivity (Wildman–Crippen MR) is 46.4 cm³/mol. The van der Waals surface area contributed by atoms with Crippen LogP contribution in [0.3, 0.4) is 0 Å². The molecule has 1 rings (SSSR count). The van der Waals surface area contributed by atoms with Crippen molar-refractivity contribution in [1.29, 1.82) is 0 Å². The van der Waals surface area contributed by atoms with Crippen LogP contribution in [0.4, 0.5) is 0 Å². The fraction of sp³-hybridized carbons (Fsp3) is 0.700. The van der Waals surface area contributed by atoms with Gasteiger partial charge in [-0.05, 0) is 39.5 Å². The van der Waals surface area contributed by atoms with Crippen molar-refractivity contribution in [3.63, 3.8) is 0 Å². The third-order valence-corrected chi connectivity index (χ3v) is 2.39. The molecule has 62 valence electrons. The van der Waals surface area contributed by atoms with Crippen molar-refractivity contribution in [3.05, 3.63) is 11.6 Å². The van der Waals surface area contributed by atoms with Crippen molar-refractivity contribution in [3.8, 4) is 0 Å². The molecule has 1 aliphatic carbocycles. The molecule has 11 heavy (non-hydrogen) atoms. The van der Waals surface area contributed by atoms with E-state index >= 15 is 0 Å². The molecule has 0 radical (unpaired) electrons. The van der Waals surface area contributed by atoms with Crippen LogP contribution in [0.2, 0.25) is 0 Å². The van der Waals surface area contributed by atoms with E-state index in [9.17, 15) is 4.79 Å². The summed E-state index contributed by atoms with van der Waals surface area (Å²) in [4.78, 5) is 11.1. The average molecular weight is 152 g/mol. The zero-order chi connectivity index (χ0) is 8.27. The Hall–Kier alpha value is -0.590. The number of ketones is 1. The Morgan fingerprint density at radius 3 is 3.00 bits per heavy atom. The molecule has 1 heteroatoms. The molecule has 0 amide bonds. The van der Waals surface area contributed by atoms with Gasteiger partial charge in [-0.25, -0.2) is 0 Å². The Bertz CT molecular complexity index is 179. The summed E-state index contributed by atoms with van der Waals surface area (Å²) in [6, 6.07) is 0. The first-order valence-electron chi connectivity index (χ1n) is 4.36. The second kappa shape index (κ2) is 3.70. The van der Waals surface area contributed by atoms with Gasteiger partial charge >= 0.3 is 0 Å². The highest BCUT2D eigenvalue weighted by Gasteiger charge is 2.15. The zero-order valence-electron chi connectivity index (χ0n) is 7.39. The Balaban J connectivity index is 2.56. The topological polar surface area (TPSA) is 17.1 Å². The summed E-state index contributed by atoms with van der Waals surface area (Å²) >= 11 is 0. The number of rotatable bonds is 1. The van der Waals surface area contributed by atoms with Crippen molar-refractivity contribution in [1.82, 2.24) is 0 Å². The van der Waals surface area contributed by atoms with Crippen LogP contribution in [0.25, 0.3) is 0 Å². The van der Waals surface area contributed by atoms with Gasteiger partial charge in [-0.2, -0.15) is 0 Å². The lowest BCUT2D eigenvalue weighted by molar-refractivity contribution is -0.120. The first-order chi connectivity index (χ1) is 5.20. The van der Waals surface area contributed by atoms with Gasteiger partial charge in [0, 0.05) is 5.92 Å². The van der Waals surface area contributed by atoms with Crippen LogP contribution in [0.15, 0.2) is 11.6 Å². The van der Waals surface area contributed by atoms with E-state index in [2.05, 4.69) is 13.0 Å². The summed E-state index contributed by atoms with van der Waals surface area (Å²) in [5.41, 5.74) is 1.39. The van der Waals surface area contributed by atoms with Crippen molar-refractivity contribution in [2.24, 2.45) is 5.92 Å². The number of hydrogen-bond donors (Lipinski definition) is 0. The summed E-state index contributed by atoms with van der Waals surface area (Å²) in [5.74, 6) is 0.674. The molecule has 0 aromatic rings. The average Bonchev–Trinajstić information content (AvgIpc) is 2.13. The highest BCUT2D eigenvalue weighted by Crippen LogP contribution is 2.23. The standard InChI is InChI=1S/C10H16O/c1-8-5-3-4-6-10(7-8)9(2)11/h5,10H,3-4,6-7H2,1-2H3. The highest BCUT2D eigenvalue weighted by molar-refractivity contribution is 5.78. The summed E-state index contributed by atoms with van der Waals surface area (Å²) < 4.78 is 0. The first-order valence-corrected chi connectivity index (χ1v) is 4.36. The van der Waals surface area contributed by atoms with Crippen LogP contribution < -0.4 is 0 Å². The van der Waals surface area contributed by atoms with E-state index in [4.69, 9.17) is 0 Å². The van der Waals surface area contributed by atoms with Crippen LogP contribution in [0, 0.1) is 5.92 Å². The van der Waals surface area contributed by atoms with Gasteiger partial charge in [0.2, 0.25) is 0 Å². The Morgan fingerprint density at radius 1 is 1.64 bits per heavy atom. The normalized spacial score (nSPS) is 25.6. The maximum atomic E-state index is 11.1. The van der Waals surface area contributed by atoms with Gasteiger partial charge in [-0.15, -0.1) is 0 Å². The minimum atomic E-state index is 0.314. The minimum absolute atomic E-state index is 0.314. The lowest BCUT2D eigenvalue weighted by atomic mass is 9.94. The minimum Gasteiger partial charge on any atom is -0.300 e. The molecule has 0 N–H and O–H groups in total. The highest BCUT2D eigenvalue weighted by atomic mass is 16.1. The Labute approximate surface area is 68.5 Å². The molecule has 1 nitrogen and oxygen atoms in total. The zero-order valence-corrected chi connectivity index (χ0v) is 7.39. The van der Waals surface area contributed by atoms with Gasteiger partial charge in [0.05, 0.1) is 0 Å². The number of carbonyl (C=O) groups excluding carboxylic acids is 1. The van der Waals surface area contributed by atoms with Gasteiger partial charge in [0.15, 0.2) is 0 Å². The number of allylic oxidation sites excluding steroid dienone is 2. The number of carbonyl (C=O) groups is 1. The maximum Gasteiger partial charge on any atom is 0.133 e. The maximum absolute atomic E-state index is 11.1. The van der Waals surface area contributed by atoms with Crippen molar-refractivity contribution < 1.29 is 4.79 Å². The lowest BCUT2D eigenvalue weighted by Gasteiger charge is -2.09. The van der Waals surface area contributed by atoms with Gasteiger partial charge < -0.3 is 0 Å². The van der Waals surface area contributed by atoms with Crippen molar-refractivity contribution in [2.75, 3.05) is 0 Å². The molecular formula is C10H16O. The fourth-order valence-electron chi connectivity index (χ4n) is 1.63. The van der Waals surface area contributed by atoms with Crippen LogP contribution in [-0.2, 0) is 4.79 Å². The molecule has 0 aromatic carbocycles. The van der Waals surface area contributed by atoms with E-state index < -0.39 is 0 Å². The molecule has 1 atom stereocenters. The summed E-state index contributed by atoms with van der Waals surface area (Å²) in [6.45, 7) is 3.84. The molecule has 0 spiro atoms. The largest absolute Gasteiger partial charge is 0.300 e. The van der Waals surface area contributed by atoms with Crippen LogP contribution in [0.5, 0.6) is 0 Å². The van der Waals surface area contributed by atoms with E-state index in [0.717, 1.165) is 19.3 Å². The third-order valence-electron chi connectivity index (χ3n) is 2.39. The third kappa shape index (κ3) is 2.49. The van der Waals surface area contributed by atoms with Gasteiger partial charge in [-0.1, -0.05) is 11.6 Å². The second-order valence-corrected chi connectivity index (χ2v) is 3.49. The molecule has 1 aliphatic rings. The quantitative estimate of drug-likeness (QED) is 0.528. The van der Waals surface area contributed by atoms with Gasteiger partial charge in [0.25, 0.3) is 0 Å². The summed E-state index contributed by atoms with van der Waals surface area (Å²) in [6.07, 6.45) is 6.69. The Kier molecular flexibility index (Phi) is 2.86. The van der Waals surface area contributed by atoms with E-state index in [-0.39, 0.29) is 0 Å². The SMILES string of the molecule is CC(=O)C1CCCC=C(C)C1. The first kappa shape index (κ1) is 8.51. The molecule has 1 unspecified atom stereocenters. The van der Waals surface area contributed by atoms with E-state index in [1.807, 2.05) is 0 Å². The van der Waals surface area contributed by atoms with E-state index in [1.54, 1.807) is 6.92 Å². The van der Waals surface area contributed by atoms with Crippen LogP contribution in [0.1, 0.15) is 39.5 Å². The van der Waals surface area contributed by atoms with Crippen molar-refractivity contribution in [2.45, 2.75) is 39.5 Å². The smallest absolute Gasteiger partial charge is 0.133 e. The summed E-state index contributed by atoms with van der Waals surface area (Å²) in [5, 5.41) is 0. The number of Topliss-reactive ketones (excluding diaryl/α,β-unsaturated/α-hetero) is 1.